The Balaban J connectivity index is 2.61. The summed E-state index contributed by atoms with van der Waals surface area (Å²) in [4.78, 5) is 0. The van der Waals surface area contributed by atoms with Crippen LogP contribution in [0.15, 0.2) is 30.3 Å². The topological polar surface area (TPSA) is 46.2 Å². The van der Waals surface area contributed by atoms with E-state index >= 15 is 0 Å². The monoisotopic (exact) mass is 261 g/mol. The van der Waals surface area contributed by atoms with Crippen molar-refractivity contribution in [1.29, 1.82) is 0 Å². The Morgan fingerprint density at radius 2 is 1.94 bits per heavy atom. The fourth-order valence-corrected chi connectivity index (χ4v) is 3.05. The van der Waals surface area contributed by atoms with Gasteiger partial charge in [0.1, 0.15) is 0 Å². The second-order valence-corrected chi connectivity index (χ2v) is 5.91. The molecule has 5 heteroatoms. The summed E-state index contributed by atoms with van der Waals surface area (Å²) >= 11 is 5.43. The predicted octanol–water partition coefficient (Wildman–Crippen LogP) is 1.95. The molecule has 0 fully saturated rings. The summed E-state index contributed by atoms with van der Waals surface area (Å²) in [5, 5.41) is 0. The molecular formula is C11H16ClNO2S. The van der Waals surface area contributed by atoms with Crippen LogP contribution in [0.4, 0.5) is 0 Å². The highest BCUT2D eigenvalue weighted by Crippen LogP contribution is 2.15. The fraction of sp³-hybridized carbons (Fsp3) is 0.455. The van der Waals surface area contributed by atoms with E-state index in [0.29, 0.717) is 5.88 Å². The Bertz CT molecular complexity index is 405. The lowest BCUT2D eigenvalue weighted by molar-refractivity contribution is 0.578. The lowest BCUT2D eigenvalue weighted by Gasteiger charge is -2.12. The van der Waals surface area contributed by atoms with Crippen LogP contribution in [0.5, 0.6) is 0 Å². The van der Waals surface area contributed by atoms with Crippen molar-refractivity contribution in [2.75, 3.05) is 18.2 Å². The van der Waals surface area contributed by atoms with Crippen molar-refractivity contribution in [1.82, 2.24) is 4.72 Å². The Kier molecular flexibility index (Phi) is 5.25. The number of nitrogens with one attached hydrogen (secondary N) is 1. The van der Waals surface area contributed by atoms with E-state index in [4.69, 9.17) is 11.6 Å². The quantitative estimate of drug-likeness (QED) is 0.796. The molecule has 1 atom stereocenters. The van der Waals surface area contributed by atoms with Crippen LogP contribution in [0.1, 0.15) is 18.4 Å². The molecule has 3 nitrogen and oxygen atoms in total. The molecule has 90 valence electrons. The normalized spacial score (nSPS) is 13.6. The van der Waals surface area contributed by atoms with E-state index < -0.39 is 10.0 Å². The van der Waals surface area contributed by atoms with Crippen LogP contribution >= 0.6 is 11.6 Å². The summed E-state index contributed by atoms with van der Waals surface area (Å²) in [5.41, 5.74) is 1.03. The van der Waals surface area contributed by atoms with Crippen LogP contribution in [0.2, 0.25) is 0 Å². The highest BCUT2D eigenvalue weighted by molar-refractivity contribution is 7.89. The van der Waals surface area contributed by atoms with Gasteiger partial charge in [0.2, 0.25) is 10.0 Å². The molecule has 1 aromatic rings. The fourth-order valence-electron chi connectivity index (χ4n) is 1.46. The third-order valence-corrected chi connectivity index (χ3v) is 4.03. The van der Waals surface area contributed by atoms with E-state index in [0.717, 1.165) is 5.56 Å². The third-order valence-electron chi connectivity index (χ3n) is 2.25. The number of benzene rings is 1. The van der Waals surface area contributed by atoms with E-state index in [1.54, 1.807) is 0 Å². The van der Waals surface area contributed by atoms with Gasteiger partial charge in [-0.05, 0) is 11.5 Å². The van der Waals surface area contributed by atoms with E-state index in [9.17, 15) is 8.42 Å². The molecule has 0 spiro atoms. The third kappa shape index (κ3) is 4.51. The number of alkyl halides is 1. The molecule has 0 saturated heterocycles. The van der Waals surface area contributed by atoms with Crippen LogP contribution in [0.3, 0.4) is 0 Å². The summed E-state index contributed by atoms with van der Waals surface area (Å²) < 4.78 is 25.7. The Morgan fingerprint density at radius 3 is 2.50 bits per heavy atom. The average molecular weight is 262 g/mol. The molecule has 0 amide bonds. The minimum absolute atomic E-state index is 0.0194. The Hall–Kier alpha value is -0.580. The van der Waals surface area contributed by atoms with Crippen molar-refractivity contribution in [2.24, 2.45) is 0 Å². The van der Waals surface area contributed by atoms with Gasteiger partial charge in [-0.2, -0.15) is 0 Å². The molecule has 0 aliphatic carbocycles. The zero-order chi connectivity index (χ0) is 12.0. The number of rotatable bonds is 6. The lowest BCUT2D eigenvalue weighted by Crippen LogP contribution is -2.30. The van der Waals surface area contributed by atoms with Crippen molar-refractivity contribution in [3.63, 3.8) is 0 Å². The van der Waals surface area contributed by atoms with Gasteiger partial charge in [0.15, 0.2) is 0 Å². The summed E-state index contributed by atoms with van der Waals surface area (Å²) in [5.74, 6) is 0.362. The molecule has 1 N–H and O–H groups in total. The molecule has 0 saturated carbocycles. The molecule has 1 unspecified atom stereocenters. The van der Waals surface area contributed by atoms with Crippen molar-refractivity contribution in [3.8, 4) is 0 Å². The lowest BCUT2D eigenvalue weighted by atomic mass is 10.0. The summed E-state index contributed by atoms with van der Waals surface area (Å²) in [6.07, 6.45) is 0. The second-order valence-electron chi connectivity index (χ2n) is 3.68. The Morgan fingerprint density at radius 1 is 1.31 bits per heavy atom. The van der Waals surface area contributed by atoms with Crippen LogP contribution < -0.4 is 4.72 Å². The zero-order valence-electron chi connectivity index (χ0n) is 9.19. The van der Waals surface area contributed by atoms with Crippen LogP contribution in [-0.4, -0.2) is 26.6 Å². The van der Waals surface area contributed by atoms with Gasteiger partial charge in [-0.3, -0.25) is 0 Å². The van der Waals surface area contributed by atoms with E-state index in [1.165, 1.54) is 0 Å². The molecule has 0 aromatic heterocycles. The maximum absolute atomic E-state index is 11.6. The number of halogens is 1. The smallest absolute Gasteiger partial charge is 0.212 e. The molecule has 0 aliphatic rings. The van der Waals surface area contributed by atoms with Gasteiger partial charge in [0, 0.05) is 12.4 Å². The van der Waals surface area contributed by atoms with Crippen molar-refractivity contribution in [2.45, 2.75) is 12.8 Å². The van der Waals surface area contributed by atoms with Crippen LogP contribution in [0, 0.1) is 0 Å². The number of hydrogen-bond donors (Lipinski definition) is 1. The van der Waals surface area contributed by atoms with Crippen molar-refractivity contribution in [3.05, 3.63) is 35.9 Å². The molecule has 0 bridgehead atoms. The van der Waals surface area contributed by atoms with Gasteiger partial charge in [-0.15, -0.1) is 11.6 Å². The second kappa shape index (κ2) is 6.23. The maximum Gasteiger partial charge on any atom is 0.212 e. The predicted molar refractivity (Wildman–Crippen MR) is 67.4 cm³/mol. The molecule has 0 radical (unpaired) electrons. The van der Waals surface area contributed by atoms with Gasteiger partial charge in [0.25, 0.3) is 0 Å². The number of sulfonamides is 1. The highest BCUT2D eigenvalue weighted by Gasteiger charge is 2.15. The van der Waals surface area contributed by atoms with E-state index in [1.807, 2.05) is 37.3 Å². The van der Waals surface area contributed by atoms with Gasteiger partial charge in [-0.1, -0.05) is 37.3 Å². The first-order valence-electron chi connectivity index (χ1n) is 5.13. The van der Waals surface area contributed by atoms with Gasteiger partial charge in [-0.25, -0.2) is 13.1 Å². The maximum atomic E-state index is 11.6. The van der Waals surface area contributed by atoms with Crippen LogP contribution in [0.25, 0.3) is 0 Å². The molecule has 1 rings (SSSR count). The molecule has 0 heterocycles. The average Bonchev–Trinajstić information content (AvgIpc) is 2.27. The minimum atomic E-state index is -3.23. The summed E-state index contributed by atoms with van der Waals surface area (Å²) in [6.45, 7) is 2.18. The summed E-state index contributed by atoms with van der Waals surface area (Å²) in [7, 11) is -3.23. The van der Waals surface area contributed by atoms with E-state index in [-0.39, 0.29) is 18.2 Å². The number of hydrogen-bond acceptors (Lipinski definition) is 2. The first-order valence-corrected chi connectivity index (χ1v) is 7.32. The standard InChI is InChI=1S/C11H16ClNO2S/c1-10(11-5-3-2-4-6-11)9-16(14,15)13-8-7-12/h2-6,10,13H,7-9H2,1H3. The van der Waals surface area contributed by atoms with Gasteiger partial charge >= 0.3 is 0 Å². The molecule has 16 heavy (non-hydrogen) atoms. The van der Waals surface area contributed by atoms with Crippen LogP contribution in [-0.2, 0) is 10.0 Å². The zero-order valence-corrected chi connectivity index (χ0v) is 10.8. The van der Waals surface area contributed by atoms with Crippen molar-refractivity contribution < 1.29 is 8.42 Å². The van der Waals surface area contributed by atoms with Crippen molar-refractivity contribution >= 4 is 21.6 Å². The highest BCUT2D eigenvalue weighted by atomic mass is 35.5. The first kappa shape index (κ1) is 13.5. The van der Waals surface area contributed by atoms with Gasteiger partial charge < -0.3 is 0 Å². The molecule has 1 aromatic carbocycles. The summed E-state index contributed by atoms with van der Waals surface area (Å²) in [6, 6.07) is 9.59. The molecular weight excluding hydrogens is 246 g/mol. The van der Waals surface area contributed by atoms with Gasteiger partial charge in [0.05, 0.1) is 5.75 Å². The molecule has 0 aliphatic heterocycles. The SMILES string of the molecule is CC(CS(=O)(=O)NCCCl)c1ccccc1. The van der Waals surface area contributed by atoms with E-state index in [2.05, 4.69) is 4.72 Å². The first-order chi connectivity index (χ1) is 7.55. The Labute approximate surface area is 102 Å². The minimum Gasteiger partial charge on any atom is -0.214 e. The largest absolute Gasteiger partial charge is 0.214 e.